The van der Waals surface area contributed by atoms with Gasteiger partial charge in [-0.05, 0) is 29.0 Å². The molecule has 0 fully saturated rings. The van der Waals surface area contributed by atoms with Crippen LogP contribution in [-0.4, -0.2) is 16.1 Å². The van der Waals surface area contributed by atoms with Crippen LogP contribution in [0, 0.1) is 11.6 Å². The number of halogens is 2. The van der Waals surface area contributed by atoms with Crippen LogP contribution in [0.4, 0.5) is 14.8 Å². The smallest absolute Gasteiger partial charge is 0.322 e. The summed E-state index contributed by atoms with van der Waals surface area (Å²) >= 11 is 0. The largest absolute Gasteiger partial charge is 0.403 e. The number of benzene rings is 3. The molecule has 1 aromatic heterocycles. The van der Waals surface area contributed by atoms with Crippen molar-refractivity contribution in [3.8, 4) is 11.5 Å². The molecule has 1 N–H and O–H groups in total. The van der Waals surface area contributed by atoms with Crippen LogP contribution in [0.3, 0.4) is 0 Å². The molecule has 7 heteroatoms. The lowest BCUT2D eigenvalue weighted by Gasteiger charge is -2.05. The summed E-state index contributed by atoms with van der Waals surface area (Å²) in [5.41, 5.74) is 0.389. The van der Waals surface area contributed by atoms with Crippen LogP contribution in [0.25, 0.3) is 22.2 Å². The Hall–Kier alpha value is -3.61. The van der Waals surface area contributed by atoms with Gasteiger partial charge in [0.1, 0.15) is 11.6 Å². The maximum absolute atomic E-state index is 13.8. The number of amides is 1. The van der Waals surface area contributed by atoms with Crippen molar-refractivity contribution in [2.45, 2.75) is 0 Å². The SMILES string of the molecule is O=C(Nc1nnc(-c2ccc(F)cc2F)o1)c1cccc2ccccc12. The van der Waals surface area contributed by atoms with Crippen LogP contribution < -0.4 is 5.32 Å². The predicted octanol–water partition coefficient (Wildman–Crippen LogP) is 4.42. The molecule has 0 aliphatic rings. The predicted molar refractivity (Wildman–Crippen MR) is 91.6 cm³/mol. The van der Waals surface area contributed by atoms with Crippen LogP contribution in [-0.2, 0) is 0 Å². The van der Waals surface area contributed by atoms with Crippen molar-refractivity contribution in [1.29, 1.82) is 0 Å². The molecule has 128 valence electrons. The van der Waals surface area contributed by atoms with E-state index in [1.165, 1.54) is 6.07 Å². The van der Waals surface area contributed by atoms with E-state index in [9.17, 15) is 13.6 Å². The van der Waals surface area contributed by atoms with Gasteiger partial charge in [-0.25, -0.2) is 8.78 Å². The molecule has 0 aliphatic heterocycles. The Kier molecular flexibility index (Phi) is 3.89. The van der Waals surface area contributed by atoms with Gasteiger partial charge in [0.2, 0.25) is 0 Å². The molecule has 0 aliphatic carbocycles. The minimum Gasteiger partial charge on any atom is -0.403 e. The van der Waals surface area contributed by atoms with Gasteiger partial charge in [0, 0.05) is 11.6 Å². The molecule has 4 rings (SSSR count). The maximum atomic E-state index is 13.8. The summed E-state index contributed by atoms with van der Waals surface area (Å²) in [6, 6.07) is 15.6. The van der Waals surface area contributed by atoms with E-state index in [0.717, 1.165) is 16.8 Å². The Morgan fingerprint density at radius 1 is 0.962 bits per heavy atom. The number of carbonyl (C=O) groups is 1. The van der Waals surface area contributed by atoms with E-state index in [4.69, 9.17) is 4.42 Å². The molecule has 3 aromatic carbocycles. The monoisotopic (exact) mass is 351 g/mol. The second kappa shape index (κ2) is 6.36. The van der Waals surface area contributed by atoms with Crippen molar-refractivity contribution in [3.05, 3.63) is 77.9 Å². The number of aromatic nitrogens is 2. The fourth-order valence-electron chi connectivity index (χ4n) is 2.63. The molecule has 0 unspecified atom stereocenters. The number of nitrogens with zero attached hydrogens (tertiary/aromatic N) is 2. The number of carbonyl (C=O) groups excluding carboxylic acids is 1. The van der Waals surface area contributed by atoms with Gasteiger partial charge in [0.25, 0.3) is 11.8 Å². The van der Waals surface area contributed by atoms with E-state index in [0.29, 0.717) is 11.6 Å². The summed E-state index contributed by atoms with van der Waals surface area (Å²) in [7, 11) is 0. The lowest BCUT2D eigenvalue weighted by Crippen LogP contribution is -2.12. The number of fused-ring (bicyclic) bond motifs is 1. The standard InChI is InChI=1S/C19H11F2N3O2/c20-12-8-9-15(16(21)10-12)18-23-24-19(26-18)22-17(25)14-7-3-5-11-4-1-2-6-13(11)14/h1-10H,(H,22,24,25). The highest BCUT2D eigenvalue weighted by Crippen LogP contribution is 2.24. The molecule has 4 aromatic rings. The normalized spacial score (nSPS) is 10.8. The fraction of sp³-hybridized carbons (Fsp3) is 0. The summed E-state index contributed by atoms with van der Waals surface area (Å²) in [6.07, 6.45) is 0. The third-order valence-electron chi connectivity index (χ3n) is 3.84. The second-order valence-electron chi connectivity index (χ2n) is 5.52. The minimum atomic E-state index is -0.833. The van der Waals surface area contributed by atoms with E-state index in [-0.39, 0.29) is 17.5 Å². The van der Waals surface area contributed by atoms with Gasteiger partial charge in [0.05, 0.1) is 5.56 Å². The van der Waals surface area contributed by atoms with Crippen molar-refractivity contribution in [3.63, 3.8) is 0 Å². The van der Waals surface area contributed by atoms with Crippen LogP contribution in [0.15, 0.2) is 65.1 Å². The number of hydrogen-bond acceptors (Lipinski definition) is 4. The molecule has 1 heterocycles. The van der Waals surface area contributed by atoms with E-state index in [2.05, 4.69) is 15.5 Å². The molecule has 0 spiro atoms. The highest BCUT2D eigenvalue weighted by molar-refractivity contribution is 6.12. The topological polar surface area (TPSA) is 68.0 Å². The van der Waals surface area contributed by atoms with E-state index < -0.39 is 17.5 Å². The van der Waals surface area contributed by atoms with Crippen molar-refractivity contribution >= 4 is 22.7 Å². The van der Waals surface area contributed by atoms with E-state index >= 15 is 0 Å². The summed E-state index contributed by atoms with van der Waals surface area (Å²) < 4.78 is 32.1. The zero-order valence-corrected chi connectivity index (χ0v) is 13.2. The first-order valence-corrected chi connectivity index (χ1v) is 7.70. The minimum absolute atomic E-state index is 0.0513. The average Bonchev–Trinajstić information content (AvgIpc) is 3.09. The highest BCUT2D eigenvalue weighted by atomic mass is 19.1. The number of anilines is 1. The molecule has 1 amide bonds. The first-order chi connectivity index (χ1) is 12.6. The second-order valence-corrected chi connectivity index (χ2v) is 5.52. The Morgan fingerprint density at radius 3 is 2.62 bits per heavy atom. The van der Waals surface area contributed by atoms with Gasteiger partial charge in [-0.3, -0.25) is 10.1 Å². The third kappa shape index (κ3) is 2.90. The van der Waals surface area contributed by atoms with Crippen molar-refractivity contribution in [2.24, 2.45) is 0 Å². The lowest BCUT2D eigenvalue weighted by atomic mass is 10.0. The van der Waals surface area contributed by atoms with Crippen molar-refractivity contribution < 1.29 is 18.0 Å². The molecular weight excluding hydrogens is 340 g/mol. The van der Waals surface area contributed by atoms with Gasteiger partial charge in [-0.15, -0.1) is 5.10 Å². The molecule has 0 saturated heterocycles. The molecular formula is C19H11F2N3O2. The van der Waals surface area contributed by atoms with Crippen molar-refractivity contribution in [2.75, 3.05) is 5.32 Å². The van der Waals surface area contributed by atoms with Crippen molar-refractivity contribution in [1.82, 2.24) is 10.2 Å². The zero-order chi connectivity index (χ0) is 18.1. The molecule has 0 saturated carbocycles. The first kappa shape index (κ1) is 15.9. The summed E-state index contributed by atoms with van der Waals surface area (Å²) in [5.74, 6) is -2.14. The van der Waals surface area contributed by atoms with Gasteiger partial charge < -0.3 is 4.42 Å². The third-order valence-corrected chi connectivity index (χ3v) is 3.84. The van der Waals surface area contributed by atoms with Gasteiger partial charge >= 0.3 is 6.01 Å². The Morgan fingerprint density at radius 2 is 1.77 bits per heavy atom. The zero-order valence-electron chi connectivity index (χ0n) is 13.2. The van der Waals surface area contributed by atoms with Gasteiger partial charge in [-0.1, -0.05) is 41.5 Å². The van der Waals surface area contributed by atoms with Gasteiger partial charge in [0.15, 0.2) is 0 Å². The number of nitrogens with one attached hydrogen (secondary N) is 1. The first-order valence-electron chi connectivity index (χ1n) is 7.70. The summed E-state index contributed by atoms with van der Waals surface area (Å²) in [4.78, 5) is 12.5. The summed E-state index contributed by atoms with van der Waals surface area (Å²) in [5, 5.41) is 11.6. The van der Waals surface area contributed by atoms with E-state index in [1.807, 2.05) is 30.3 Å². The molecule has 0 bridgehead atoms. The van der Waals surface area contributed by atoms with E-state index in [1.54, 1.807) is 12.1 Å². The Bertz CT molecular complexity index is 1120. The maximum Gasteiger partial charge on any atom is 0.322 e. The summed E-state index contributed by atoms with van der Waals surface area (Å²) in [6.45, 7) is 0. The Balaban J connectivity index is 1.62. The van der Waals surface area contributed by atoms with Crippen LogP contribution >= 0.6 is 0 Å². The highest BCUT2D eigenvalue weighted by Gasteiger charge is 2.17. The van der Waals surface area contributed by atoms with Crippen LogP contribution in [0.1, 0.15) is 10.4 Å². The number of hydrogen-bond donors (Lipinski definition) is 1. The Labute approximate surface area is 146 Å². The average molecular weight is 351 g/mol. The molecule has 26 heavy (non-hydrogen) atoms. The molecule has 5 nitrogen and oxygen atoms in total. The van der Waals surface area contributed by atoms with Crippen LogP contribution in [0.2, 0.25) is 0 Å². The lowest BCUT2D eigenvalue weighted by molar-refractivity contribution is 0.102. The molecule has 0 atom stereocenters. The fourth-order valence-corrected chi connectivity index (χ4v) is 2.63. The quantitative estimate of drug-likeness (QED) is 0.593. The van der Waals surface area contributed by atoms with Crippen LogP contribution in [0.5, 0.6) is 0 Å². The number of rotatable bonds is 3. The molecule has 0 radical (unpaired) electrons. The van der Waals surface area contributed by atoms with Gasteiger partial charge in [-0.2, -0.15) is 0 Å².